The summed E-state index contributed by atoms with van der Waals surface area (Å²) in [6.07, 6.45) is 3.43. The van der Waals surface area contributed by atoms with E-state index in [0.717, 1.165) is 31.8 Å². The molecule has 88 valence electrons. The fourth-order valence-corrected chi connectivity index (χ4v) is 2.06. The Labute approximate surface area is 90.9 Å². The number of rotatable bonds is 4. The highest BCUT2D eigenvalue weighted by molar-refractivity contribution is 5.76. The third kappa shape index (κ3) is 3.47. The Morgan fingerprint density at radius 3 is 2.40 bits per heavy atom. The molecular weight excluding hydrogens is 194 g/mol. The Hall–Kier alpha value is -0.610. The van der Waals surface area contributed by atoms with Crippen LogP contribution >= 0.6 is 0 Å². The molecule has 4 nitrogen and oxygen atoms in total. The predicted octanol–water partition coefficient (Wildman–Crippen LogP) is 0.944. The highest BCUT2D eigenvalue weighted by Gasteiger charge is 2.33. The molecule has 0 aliphatic carbocycles. The van der Waals surface area contributed by atoms with E-state index < -0.39 is 11.6 Å². The van der Waals surface area contributed by atoms with Crippen LogP contribution in [-0.2, 0) is 4.79 Å². The molecule has 0 aromatic carbocycles. The van der Waals surface area contributed by atoms with Crippen molar-refractivity contribution < 1.29 is 15.0 Å². The van der Waals surface area contributed by atoms with Crippen molar-refractivity contribution >= 4 is 5.97 Å². The van der Waals surface area contributed by atoms with Gasteiger partial charge in [0.2, 0.25) is 0 Å². The number of carboxylic acids is 1. The molecule has 15 heavy (non-hydrogen) atoms. The van der Waals surface area contributed by atoms with Gasteiger partial charge in [-0.3, -0.25) is 4.90 Å². The number of nitrogens with zero attached hydrogens (tertiary/aromatic N) is 1. The van der Waals surface area contributed by atoms with Gasteiger partial charge in [0.1, 0.15) is 0 Å². The summed E-state index contributed by atoms with van der Waals surface area (Å²) >= 11 is 0. The lowest BCUT2D eigenvalue weighted by Crippen LogP contribution is -2.48. The van der Waals surface area contributed by atoms with Gasteiger partial charge in [0.15, 0.2) is 5.60 Å². The molecule has 0 amide bonds. The van der Waals surface area contributed by atoms with Crippen LogP contribution in [0.4, 0.5) is 0 Å². The fourth-order valence-electron chi connectivity index (χ4n) is 2.06. The molecule has 0 saturated carbocycles. The Morgan fingerprint density at radius 1 is 1.47 bits per heavy atom. The van der Waals surface area contributed by atoms with Gasteiger partial charge in [-0.25, -0.2) is 4.79 Å². The number of hydrogen-bond acceptors (Lipinski definition) is 3. The quantitative estimate of drug-likeness (QED) is 0.733. The largest absolute Gasteiger partial charge is 0.479 e. The SMILES string of the molecule is CCC1CCN(CC(C)(O)C(=O)O)CC1. The minimum absolute atomic E-state index is 0.235. The second-order valence-corrected chi connectivity index (χ2v) is 4.71. The first-order chi connectivity index (χ1) is 6.95. The highest BCUT2D eigenvalue weighted by atomic mass is 16.4. The zero-order chi connectivity index (χ0) is 11.5. The van der Waals surface area contributed by atoms with E-state index in [2.05, 4.69) is 6.92 Å². The maximum atomic E-state index is 10.7. The van der Waals surface area contributed by atoms with Crippen LogP contribution in [0.2, 0.25) is 0 Å². The number of aliphatic carboxylic acids is 1. The van der Waals surface area contributed by atoms with E-state index >= 15 is 0 Å². The third-order valence-electron chi connectivity index (χ3n) is 3.28. The van der Waals surface area contributed by atoms with Crippen LogP contribution in [0, 0.1) is 5.92 Å². The Balaban J connectivity index is 2.38. The van der Waals surface area contributed by atoms with Crippen LogP contribution in [0.25, 0.3) is 0 Å². The zero-order valence-electron chi connectivity index (χ0n) is 9.57. The molecule has 1 saturated heterocycles. The van der Waals surface area contributed by atoms with Gasteiger partial charge < -0.3 is 10.2 Å². The van der Waals surface area contributed by atoms with Crippen molar-refractivity contribution in [2.45, 2.75) is 38.7 Å². The van der Waals surface area contributed by atoms with E-state index in [9.17, 15) is 9.90 Å². The minimum atomic E-state index is -1.61. The summed E-state index contributed by atoms with van der Waals surface area (Å²) in [5, 5.41) is 18.4. The summed E-state index contributed by atoms with van der Waals surface area (Å²) in [5.41, 5.74) is -1.61. The maximum Gasteiger partial charge on any atom is 0.336 e. The third-order valence-corrected chi connectivity index (χ3v) is 3.28. The van der Waals surface area contributed by atoms with Crippen molar-refractivity contribution in [3.63, 3.8) is 0 Å². The molecule has 1 fully saturated rings. The summed E-state index contributed by atoms with van der Waals surface area (Å²) in [6, 6.07) is 0. The Morgan fingerprint density at radius 2 is 2.00 bits per heavy atom. The Kier molecular flexibility index (Phi) is 4.11. The number of carboxylic acid groups (broad SMARTS) is 1. The molecule has 1 atom stereocenters. The molecule has 1 heterocycles. The van der Waals surface area contributed by atoms with Gasteiger partial charge in [-0.2, -0.15) is 0 Å². The van der Waals surface area contributed by atoms with Crippen molar-refractivity contribution in [3.05, 3.63) is 0 Å². The van der Waals surface area contributed by atoms with Crippen LogP contribution in [-0.4, -0.2) is 46.3 Å². The second kappa shape index (κ2) is 4.94. The number of piperidine rings is 1. The summed E-state index contributed by atoms with van der Waals surface area (Å²) in [7, 11) is 0. The zero-order valence-corrected chi connectivity index (χ0v) is 9.57. The van der Waals surface area contributed by atoms with Gasteiger partial charge in [-0.05, 0) is 38.8 Å². The van der Waals surface area contributed by atoms with Crippen molar-refractivity contribution in [1.82, 2.24) is 4.90 Å². The number of hydrogen-bond donors (Lipinski definition) is 2. The topological polar surface area (TPSA) is 60.8 Å². The van der Waals surface area contributed by atoms with E-state index in [1.54, 1.807) is 0 Å². The van der Waals surface area contributed by atoms with Gasteiger partial charge in [0, 0.05) is 6.54 Å². The van der Waals surface area contributed by atoms with Gasteiger partial charge in [-0.15, -0.1) is 0 Å². The van der Waals surface area contributed by atoms with Gasteiger partial charge in [0.25, 0.3) is 0 Å². The van der Waals surface area contributed by atoms with Crippen LogP contribution in [0.3, 0.4) is 0 Å². The van der Waals surface area contributed by atoms with E-state index in [0.29, 0.717) is 0 Å². The lowest BCUT2D eigenvalue weighted by Gasteiger charge is -2.34. The average Bonchev–Trinajstić information content (AvgIpc) is 2.18. The monoisotopic (exact) mass is 215 g/mol. The van der Waals surface area contributed by atoms with Gasteiger partial charge >= 0.3 is 5.97 Å². The molecule has 1 aliphatic rings. The molecule has 2 N–H and O–H groups in total. The Bertz CT molecular complexity index is 220. The van der Waals surface area contributed by atoms with Crippen molar-refractivity contribution in [3.8, 4) is 0 Å². The first kappa shape index (κ1) is 12.5. The van der Waals surface area contributed by atoms with Crippen LogP contribution < -0.4 is 0 Å². The molecule has 0 radical (unpaired) electrons. The van der Waals surface area contributed by atoms with Crippen molar-refractivity contribution in [1.29, 1.82) is 0 Å². The van der Waals surface area contributed by atoms with Crippen LogP contribution in [0.1, 0.15) is 33.1 Å². The highest BCUT2D eigenvalue weighted by Crippen LogP contribution is 2.21. The molecular formula is C11H21NO3. The van der Waals surface area contributed by atoms with Crippen LogP contribution in [0.15, 0.2) is 0 Å². The number of likely N-dealkylation sites (tertiary alicyclic amines) is 1. The molecule has 0 aromatic rings. The van der Waals surface area contributed by atoms with E-state index in [1.165, 1.54) is 13.3 Å². The van der Waals surface area contributed by atoms with Crippen molar-refractivity contribution in [2.75, 3.05) is 19.6 Å². The molecule has 1 rings (SSSR count). The summed E-state index contributed by atoms with van der Waals surface area (Å²) in [6.45, 7) is 5.59. The summed E-state index contributed by atoms with van der Waals surface area (Å²) < 4.78 is 0. The molecule has 1 aliphatic heterocycles. The molecule has 0 aromatic heterocycles. The minimum Gasteiger partial charge on any atom is -0.479 e. The first-order valence-electron chi connectivity index (χ1n) is 5.64. The molecule has 1 unspecified atom stereocenters. The van der Waals surface area contributed by atoms with E-state index in [4.69, 9.17) is 5.11 Å². The molecule has 4 heteroatoms. The summed E-state index contributed by atoms with van der Waals surface area (Å²) in [5.74, 6) is -0.365. The molecule has 0 spiro atoms. The maximum absolute atomic E-state index is 10.7. The smallest absolute Gasteiger partial charge is 0.336 e. The standard InChI is InChI=1S/C11H21NO3/c1-3-9-4-6-12(7-5-9)8-11(2,15)10(13)14/h9,15H,3-8H2,1-2H3,(H,13,14). The lowest BCUT2D eigenvalue weighted by atomic mass is 9.93. The fraction of sp³-hybridized carbons (Fsp3) is 0.909. The summed E-state index contributed by atoms with van der Waals surface area (Å²) in [4.78, 5) is 12.8. The van der Waals surface area contributed by atoms with Crippen molar-refractivity contribution in [2.24, 2.45) is 5.92 Å². The number of aliphatic hydroxyl groups is 1. The van der Waals surface area contributed by atoms with E-state index in [1.807, 2.05) is 4.90 Å². The molecule has 0 bridgehead atoms. The second-order valence-electron chi connectivity index (χ2n) is 4.71. The van der Waals surface area contributed by atoms with Gasteiger partial charge in [-0.1, -0.05) is 13.3 Å². The lowest BCUT2D eigenvalue weighted by molar-refractivity contribution is -0.158. The number of carbonyl (C=O) groups is 1. The average molecular weight is 215 g/mol. The number of β-amino-alcohol motifs (C(OH)–C–C–N with tert-alkyl or cyclic N) is 1. The predicted molar refractivity (Wildman–Crippen MR) is 57.7 cm³/mol. The normalized spacial score (nSPS) is 23.7. The first-order valence-corrected chi connectivity index (χ1v) is 5.64. The van der Waals surface area contributed by atoms with E-state index in [-0.39, 0.29) is 6.54 Å². The van der Waals surface area contributed by atoms with Gasteiger partial charge in [0.05, 0.1) is 0 Å². The van der Waals surface area contributed by atoms with Crippen LogP contribution in [0.5, 0.6) is 0 Å².